The Bertz CT molecular complexity index is 956. The van der Waals surface area contributed by atoms with Gasteiger partial charge in [0.05, 0.1) is 12.6 Å². The van der Waals surface area contributed by atoms with Gasteiger partial charge in [-0.3, -0.25) is 24.1 Å². The van der Waals surface area contributed by atoms with E-state index in [1.807, 2.05) is 22.9 Å². The Labute approximate surface area is 179 Å². The number of carboxylic acid groups (broad SMARTS) is 1. The van der Waals surface area contributed by atoms with Crippen molar-refractivity contribution in [3.8, 4) is 0 Å². The van der Waals surface area contributed by atoms with Crippen molar-refractivity contribution in [3.63, 3.8) is 0 Å². The second kappa shape index (κ2) is 9.22. The van der Waals surface area contributed by atoms with Crippen LogP contribution < -0.4 is 10.7 Å². The molecule has 10 nitrogen and oxygen atoms in total. The first-order valence-corrected chi connectivity index (χ1v) is 10.9. The lowest BCUT2D eigenvalue weighted by molar-refractivity contribution is -0.150. The molecule has 1 aromatic heterocycles. The largest absolute Gasteiger partial charge is 0.477 e. The second-order valence-electron chi connectivity index (χ2n) is 6.37. The van der Waals surface area contributed by atoms with Crippen LogP contribution in [0, 0.1) is 0 Å². The van der Waals surface area contributed by atoms with Crippen LogP contribution in [0.15, 0.2) is 33.9 Å². The molecule has 2 aliphatic rings. The molecule has 0 aromatic carbocycles. The maximum Gasteiger partial charge on any atom is 0.353 e. The van der Waals surface area contributed by atoms with Crippen molar-refractivity contribution < 1.29 is 29.1 Å². The van der Waals surface area contributed by atoms with E-state index in [0.29, 0.717) is 0 Å². The van der Waals surface area contributed by atoms with Crippen LogP contribution in [-0.2, 0) is 30.4 Å². The number of β-lactam (4-membered cyclic amide) rings is 1. The number of fused-ring (bicyclic) bond motifs is 1. The Morgan fingerprint density at radius 1 is 1.37 bits per heavy atom. The Morgan fingerprint density at radius 3 is 2.77 bits per heavy atom. The average Bonchev–Trinajstić information content (AvgIpc) is 3.23. The smallest absolute Gasteiger partial charge is 0.353 e. The van der Waals surface area contributed by atoms with E-state index in [2.05, 4.69) is 10.4 Å². The number of carbonyl (C=O) groups excluding carboxylic acids is 4. The van der Waals surface area contributed by atoms with Crippen molar-refractivity contribution in [1.82, 2.24) is 15.6 Å². The molecule has 12 heteroatoms. The van der Waals surface area contributed by atoms with Gasteiger partial charge in [-0.2, -0.15) is 5.10 Å². The third-order valence-corrected chi connectivity index (χ3v) is 6.57. The number of thioether (sulfide) groups is 1. The lowest BCUT2D eigenvalue weighted by atomic mass is 10.0. The van der Waals surface area contributed by atoms with Gasteiger partial charge in [-0.1, -0.05) is 13.0 Å². The van der Waals surface area contributed by atoms with Crippen LogP contribution in [0.1, 0.15) is 18.2 Å². The number of nitrogens with zero attached hydrogens (tertiary/aromatic N) is 2. The monoisotopic (exact) mass is 450 g/mol. The van der Waals surface area contributed by atoms with E-state index in [1.54, 1.807) is 0 Å². The number of hydrazone groups is 1. The Hall–Kier alpha value is -2.99. The highest BCUT2D eigenvalue weighted by Gasteiger charge is 2.54. The average molecular weight is 450 g/mol. The molecule has 1 saturated heterocycles. The van der Waals surface area contributed by atoms with Gasteiger partial charge in [-0.05, 0) is 11.4 Å². The fraction of sp³-hybridized carbons (Fsp3) is 0.333. The van der Waals surface area contributed by atoms with Crippen LogP contribution in [0.4, 0.5) is 0 Å². The molecule has 158 valence electrons. The van der Waals surface area contributed by atoms with E-state index in [1.165, 1.54) is 30.0 Å². The third-order valence-electron chi connectivity index (χ3n) is 4.39. The van der Waals surface area contributed by atoms with Crippen LogP contribution in [0.2, 0.25) is 0 Å². The van der Waals surface area contributed by atoms with Gasteiger partial charge in [-0.25, -0.2) is 10.2 Å². The number of Topliss-reactive ketones (excluding diaryl/α,β-unsaturated/α-hetero) is 1. The minimum absolute atomic E-state index is 0.0177. The van der Waals surface area contributed by atoms with E-state index in [-0.39, 0.29) is 35.8 Å². The molecule has 1 unspecified atom stereocenters. The molecule has 0 spiro atoms. The molecular weight excluding hydrogens is 432 g/mol. The summed E-state index contributed by atoms with van der Waals surface area (Å²) in [6.07, 6.45) is 1.28. The van der Waals surface area contributed by atoms with Crippen molar-refractivity contribution in [1.29, 1.82) is 0 Å². The maximum atomic E-state index is 12.5. The molecule has 0 saturated carbocycles. The lowest BCUT2D eigenvalue weighted by Gasteiger charge is -2.49. The molecule has 0 aliphatic carbocycles. The van der Waals surface area contributed by atoms with Crippen LogP contribution in [0.5, 0.6) is 0 Å². The molecule has 2 aliphatic heterocycles. The summed E-state index contributed by atoms with van der Waals surface area (Å²) in [5.74, 6) is -3.52. The molecule has 0 radical (unpaired) electrons. The molecule has 0 bridgehead atoms. The molecule has 30 heavy (non-hydrogen) atoms. The van der Waals surface area contributed by atoms with E-state index in [0.717, 1.165) is 16.0 Å². The molecule has 3 amide bonds. The summed E-state index contributed by atoms with van der Waals surface area (Å²) in [5.41, 5.74) is 1.99. The minimum atomic E-state index is -1.32. The highest BCUT2D eigenvalue weighted by atomic mass is 32.2. The van der Waals surface area contributed by atoms with E-state index < -0.39 is 35.0 Å². The van der Waals surface area contributed by atoms with E-state index in [4.69, 9.17) is 0 Å². The van der Waals surface area contributed by atoms with Crippen LogP contribution in [0.25, 0.3) is 0 Å². The Morgan fingerprint density at radius 2 is 2.13 bits per heavy atom. The predicted molar refractivity (Wildman–Crippen MR) is 110 cm³/mol. The fourth-order valence-electron chi connectivity index (χ4n) is 2.93. The van der Waals surface area contributed by atoms with Crippen molar-refractivity contribution in [2.24, 2.45) is 5.10 Å². The first-order chi connectivity index (χ1) is 14.3. The number of rotatable bonds is 8. The Balaban J connectivity index is 1.68. The van der Waals surface area contributed by atoms with E-state index in [9.17, 15) is 29.1 Å². The summed E-state index contributed by atoms with van der Waals surface area (Å²) in [6.45, 7) is 1.53. The van der Waals surface area contributed by atoms with Gasteiger partial charge in [0.2, 0.25) is 11.7 Å². The summed E-state index contributed by atoms with van der Waals surface area (Å²) in [6, 6.07) is 2.84. The minimum Gasteiger partial charge on any atom is -0.477 e. The summed E-state index contributed by atoms with van der Waals surface area (Å²) in [5, 5.41) is 17.2. The topological polar surface area (TPSA) is 145 Å². The zero-order chi connectivity index (χ0) is 21.8. The predicted octanol–water partition coefficient (Wildman–Crippen LogP) is 0.110. The van der Waals surface area contributed by atoms with Crippen LogP contribution in [-0.4, -0.2) is 62.9 Å². The number of hydrogen-bond donors (Lipinski definition) is 3. The quantitative estimate of drug-likeness (QED) is 0.221. The third kappa shape index (κ3) is 4.44. The number of amides is 3. The van der Waals surface area contributed by atoms with Gasteiger partial charge in [0.1, 0.15) is 17.1 Å². The zero-order valence-corrected chi connectivity index (χ0v) is 17.4. The van der Waals surface area contributed by atoms with Gasteiger partial charge in [0.25, 0.3) is 5.91 Å². The van der Waals surface area contributed by atoms with Crippen LogP contribution in [0.3, 0.4) is 0 Å². The van der Waals surface area contributed by atoms with Crippen molar-refractivity contribution >= 4 is 58.8 Å². The van der Waals surface area contributed by atoms with Gasteiger partial charge in [0.15, 0.2) is 0 Å². The number of thiophene rings is 1. The van der Waals surface area contributed by atoms with Crippen molar-refractivity contribution in [2.75, 3.05) is 5.75 Å². The highest BCUT2D eigenvalue weighted by molar-refractivity contribution is 8.00. The summed E-state index contributed by atoms with van der Waals surface area (Å²) in [7, 11) is 0. The number of ketones is 1. The number of nitrogens with one attached hydrogen (secondary N) is 2. The molecule has 1 aromatic rings. The highest BCUT2D eigenvalue weighted by Crippen LogP contribution is 2.39. The zero-order valence-electron chi connectivity index (χ0n) is 15.8. The number of hydrogen-bond acceptors (Lipinski definition) is 8. The molecule has 3 N–H and O–H groups in total. The van der Waals surface area contributed by atoms with Crippen molar-refractivity contribution in [2.45, 2.75) is 31.2 Å². The summed E-state index contributed by atoms with van der Waals surface area (Å²) >= 11 is 2.71. The lowest BCUT2D eigenvalue weighted by Crippen LogP contribution is -2.70. The Kier molecular flexibility index (Phi) is 6.67. The molecule has 3 heterocycles. The number of aliphatic carboxylic acids is 1. The standard InChI is InChI=1S/C18H18N4O6S2/c1-2-11(23)15(25)21-19-7-9-8-30-17-13(16(26)22(17)14(9)18(27)28)20-12(24)6-10-4-3-5-29-10/h3-5,7,13,17H,2,6,8H2,1H3,(H,20,24)(H,21,25)(H,27,28)/t13?,17-/m0/s1. The summed E-state index contributed by atoms with van der Waals surface area (Å²) in [4.78, 5) is 61.2. The normalized spacial score (nSPS) is 20.6. The second-order valence-corrected chi connectivity index (χ2v) is 8.50. The SMILES string of the molecule is CCC(=O)C(=O)NN=CC1=C(C(=O)O)N2C(=O)C(NC(=O)Cc3cccs3)[C@@H]2SC1. The number of carboxylic acids is 1. The van der Waals surface area contributed by atoms with Gasteiger partial charge < -0.3 is 10.4 Å². The van der Waals surface area contributed by atoms with Gasteiger partial charge >= 0.3 is 11.9 Å². The first-order valence-electron chi connectivity index (χ1n) is 8.92. The van der Waals surface area contributed by atoms with Gasteiger partial charge in [0, 0.05) is 22.6 Å². The first kappa shape index (κ1) is 21.7. The van der Waals surface area contributed by atoms with Crippen molar-refractivity contribution in [3.05, 3.63) is 33.7 Å². The van der Waals surface area contributed by atoms with Crippen LogP contribution >= 0.6 is 23.1 Å². The number of carbonyl (C=O) groups is 5. The maximum absolute atomic E-state index is 12.5. The van der Waals surface area contributed by atoms with E-state index >= 15 is 0 Å². The van der Waals surface area contributed by atoms with Gasteiger partial charge in [-0.15, -0.1) is 23.1 Å². The molecule has 2 atom stereocenters. The summed E-state index contributed by atoms with van der Waals surface area (Å²) < 4.78 is 0. The molecule has 1 fully saturated rings. The molecule has 3 rings (SSSR count). The molecular formula is C18H18N4O6S2. The fourth-order valence-corrected chi connectivity index (χ4v) is 4.93.